The van der Waals surface area contributed by atoms with Crippen molar-refractivity contribution < 1.29 is 9.53 Å². The maximum Gasteiger partial charge on any atom is 0.239 e. The van der Waals surface area contributed by atoms with Gasteiger partial charge in [-0.05, 0) is 26.5 Å². The van der Waals surface area contributed by atoms with Crippen LogP contribution in [0, 0.1) is 13.8 Å². The highest BCUT2D eigenvalue weighted by Gasteiger charge is 2.21. The number of amides is 1. The van der Waals surface area contributed by atoms with Crippen LogP contribution in [0.5, 0.6) is 5.75 Å². The van der Waals surface area contributed by atoms with E-state index in [1.165, 1.54) is 0 Å². The fraction of sp³-hybridized carbons (Fsp3) is 0.417. The van der Waals surface area contributed by atoms with Crippen molar-refractivity contribution in [3.8, 4) is 5.75 Å². The molecule has 0 fully saturated rings. The van der Waals surface area contributed by atoms with Crippen LogP contribution in [0.4, 0.5) is 0 Å². The smallest absolute Gasteiger partial charge is 0.239 e. The molecular weight excluding hydrogens is 204 g/mol. The Morgan fingerprint density at radius 2 is 2.06 bits per heavy atom. The Balaban J connectivity index is 3.34. The topological polar surface area (TPSA) is 64.3 Å². The van der Waals surface area contributed by atoms with E-state index in [-0.39, 0.29) is 0 Å². The molecule has 0 aliphatic carbocycles. The van der Waals surface area contributed by atoms with Gasteiger partial charge in [0.25, 0.3) is 0 Å². The van der Waals surface area contributed by atoms with E-state index >= 15 is 0 Å². The third-order valence-electron chi connectivity index (χ3n) is 2.54. The number of hydrogen-bond acceptors (Lipinski definition) is 3. The molecule has 1 rings (SSSR count). The minimum absolute atomic E-state index is 0.411. The Bertz CT molecular complexity index is 402. The van der Waals surface area contributed by atoms with Gasteiger partial charge in [-0.25, -0.2) is 0 Å². The summed E-state index contributed by atoms with van der Waals surface area (Å²) in [5, 5.41) is 2.89. The number of hydrogen-bond donors (Lipinski definition) is 2. The van der Waals surface area contributed by atoms with Gasteiger partial charge in [-0.1, -0.05) is 17.7 Å². The standard InChI is InChI=1S/C12H18N2O2/c1-7-5-8(2)11(16-4)9(6-7)10(14-3)12(13)15/h5-6,10,14H,1-4H3,(H2,13,15). The second kappa shape index (κ2) is 4.99. The highest BCUT2D eigenvalue weighted by Crippen LogP contribution is 2.29. The number of aryl methyl sites for hydroxylation is 2. The van der Waals surface area contributed by atoms with Crippen molar-refractivity contribution in [2.45, 2.75) is 19.9 Å². The number of carbonyl (C=O) groups is 1. The normalized spacial score (nSPS) is 12.2. The van der Waals surface area contributed by atoms with Gasteiger partial charge in [0.15, 0.2) is 0 Å². The zero-order valence-corrected chi connectivity index (χ0v) is 10.1. The van der Waals surface area contributed by atoms with Crippen LogP contribution in [0.15, 0.2) is 12.1 Å². The molecule has 0 radical (unpaired) electrons. The first kappa shape index (κ1) is 12.5. The van der Waals surface area contributed by atoms with Crippen molar-refractivity contribution in [2.75, 3.05) is 14.2 Å². The van der Waals surface area contributed by atoms with Gasteiger partial charge in [0, 0.05) is 5.56 Å². The Kier molecular flexibility index (Phi) is 3.90. The fourth-order valence-electron chi connectivity index (χ4n) is 1.93. The molecule has 0 aliphatic rings. The summed E-state index contributed by atoms with van der Waals surface area (Å²) in [6.45, 7) is 3.92. The summed E-state index contributed by atoms with van der Waals surface area (Å²) >= 11 is 0. The first-order valence-electron chi connectivity index (χ1n) is 5.13. The second-order valence-electron chi connectivity index (χ2n) is 3.83. The van der Waals surface area contributed by atoms with E-state index in [4.69, 9.17) is 10.5 Å². The highest BCUT2D eigenvalue weighted by molar-refractivity contribution is 5.82. The second-order valence-corrected chi connectivity index (χ2v) is 3.83. The summed E-state index contributed by atoms with van der Waals surface area (Å²) in [4.78, 5) is 11.3. The summed E-state index contributed by atoms with van der Waals surface area (Å²) in [7, 11) is 3.29. The number of benzene rings is 1. The zero-order valence-electron chi connectivity index (χ0n) is 10.1. The summed E-state index contributed by atoms with van der Waals surface area (Å²) in [6, 6.07) is 3.40. The third kappa shape index (κ3) is 2.33. The average Bonchev–Trinajstić information content (AvgIpc) is 2.17. The molecule has 0 bridgehead atoms. The molecule has 0 saturated heterocycles. The van der Waals surface area contributed by atoms with Crippen molar-refractivity contribution in [3.05, 3.63) is 28.8 Å². The van der Waals surface area contributed by atoms with Gasteiger partial charge in [0.05, 0.1) is 7.11 Å². The Hall–Kier alpha value is -1.55. The summed E-state index contributed by atoms with van der Waals surface area (Å²) in [5.41, 5.74) is 8.21. The van der Waals surface area contributed by atoms with Crippen molar-refractivity contribution >= 4 is 5.91 Å². The van der Waals surface area contributed by atoms with Crippen LogP contribution in [-0.4, -0.2) is 20.1 Å². The first-order chi connectivity index (χ1) is 7.51. The molecule has 1 atom stereocenters. The van der Waals surface area contributed by atoms with Crippen molar-refractivity contribution in [2.24, 2.45) is 5.73 Å². The van der Waals surface area contributed by atoms with E-state index in [9.17, 15) is 4.79 Å². The first-order valence-corrected chi connectivity index (χ1v) is 5.13. The largest absolute Gasteiger partial charge is 0.496 e. The summed E-state index contributed by atoms with van der Waals surface area (Å²) < 4.78 is 5.32. The number of methoxy groups -OCH3 is 1. The van der Waals surface area contributed by atoms with E-state index in [1.54, 1.807) is 14.2 Å². The quantitative estimate of drug-likeness (QED) is 0.800. The molecule has 0 spiro atoms. The Labute approximate surface area is 95.8 Å². The predicted molar refractivity (Wildman–Crippen MR) is 63.5 cm³/mol. The molecular formula is C12H18N2O2. The molecule has 1 unspecified atom stereocenters. The molecule has 88 valence electrons. The molecule has 0 saturated carbocycles. The number of nitrogens with two attached hydrogens (primary N) is 1. The number of rotatable bonds is 4. The molecule has 4 heteroatoms. The molecule has 16 heavy (non-hydrogen) atoms. The van der Waals surface area contributed by atoms with Crippen molar-refractivity contribution in [3.63, 3.8) is 0 Å². The SMILES string of the molecule is CNC(C(N)=O)c1cc(C)cc(C)c1OC. The van der Waals surface area contributed by atoms with Crippen LogP contribution in [0.25, 0.3) is 0 Å². The van der Waals surface area contributed by atoms with Crippen LogP contribution in [-0.2, 0) is 4.79 Å². The summed E-state index contributed by atoms with van der Waals surface area (Å²) in [6.07, 6.45) is 0. The molecule has 1 amide bonds. The Morgan fingerprint density at radius 1 is 1.44 bits per heavy atom. The van der Waals surface area contributed by atoms with Crippen molar-refractivity contribution in [1.82, 2.24) is 5.32 Å². The predicted octanol–water partition coefficient (Wildman–Crippen LogP) is 1.06. The van der Waals surface area contributed by atoms with Gasteiger partial charge < -0.3 is 15.8 Å². The molecule has 0 aliphatic heterocycles. The van der Waals surface area contributed by atoms with Crippen molar-refractivity contribution in [1.29, 1.82) is 0 Å². The van der Waals surface area contributed by atoms with Crippen LogP contribution in [0.1, 0.15) is 22.7 Å². The van der Waals surface area contributed by atoms with Gasteiger partial charge in [0.2, 0.25) is 5.91 Å². The number of primary amides is 1. The maximum atomic E-state index is 11.3. The lowest BCUT2D eigenvalue weighted by molar-refractivity contribution is -0.120. The number of likely N-dealkylation sites (N-methyl/N-ethyl adjacent to an activating group) is 1. The number of ether oxygens (including phenoxy) is 1. The van der Waals surface area contributed by atoms with Gasteiger partial charge in [-0.2, -0.15) is 0 Å². The highest BCUT2D eigenvalue weighted by atomic mass is 16.5. The lowest BCUT2D eigenvalue weighted by Gasteiger charge is -2.18. The molecule has 0 heterocycles. The Morgan fingerprint density at radius 3 is 2.50 bits per heavy atom. The monoisotopic (exact) mass is 222 g/mol. The lowest BCUT2D eigenvalue weighted by Crippen LogP contribution is -2.31. The number of nitrogens with one attached hydrogen (secondary N) is 1. The molecule has 1 aromatic carbocycles. The number of carbonyl (C=O) groups excluding carboxylic acids is 1. The van der Waals surface area contributed by atoms with Gasteiger partial charge in [-0.3, -0.25) is 4.79 Å². The molecule has 4 nitrogen and oxygen atoms in total. The van der Waals surface area contributed by atoms with Crippen LogP contribution >= 0.6 is 0 Å². The van der Waals surface area contributed by atoms with E-state index < -0.39 is 11.9 Å². The van der Waals surface area contributed by atoms with Gasteiger partial charge >= 0.3 is 0 Å². The molecule has 1 aromatic rings. The average molecular weight is 222 g/mol. The molecule has 3 N–H and O–H groups in total. The van der Waals surface area contributed by atoms with Crippen LogP contribution in [0.3, 0.4) is 0 Å². The minimum Gasteiger partial charge on any atom is -0.496 e. The van der Waals surface area contributed by atoms with E-state index in [0.29, 0.717) is 5.75 Å². The minimum atomic E-state index is -0.520. The fourth-order valence-corrected chi connectivity index (χ4v) is 1.93. The van der Waals surface area contributed by atoms with Gasteiger partial charge in [0.1, 0.15) is 11.8 Å². The van der Waals surface area contributed by atoms with E-state index in [2.05, 4.69) is 5.32 Å². The van der Waals surface area contributed by atoms with E-state index in [0.717, 1.165) is 16.7 Å². The maximum absolute atomic E-state index is 11.3. The third-order valence-corrected chi connectivity index (χ3v) is 2.54. The lowest BCUT2D eigenvalue weighted by atomic mass is 9.99. The zero-order chi connectivity index (χ0) is 12.3. The van der Waals surface area contributed by atoms with E-state index in [1.807, 2.05) is 26.0 Å². The van der Waals surface area contributed by atoms with Crippen LogP contribution < -0.4 is 15.8 Å². The van der Waals surface area contributed by atoms with Gasteiger partial charge in [-0.15, -0.1) is 0 Å². The summed E-state index contributed by atoms with van der Waals surface area (Å²) in [5.74, 6) is 0.301. The molecule has 0 aromatic heterocycles. The van der Waals surface area contributed by atoms with Crippen LogP contribution in [0.2, 0.25) is 0 Å².